The average molecular weight is 334 g/mol. The van der Waals surface area contributed by atoms with Gasteiger partial charge >= 0.3 is 6.03 Å². The molecule has 2 fully saturated rings. The van der Waals surface area contributed by atoms with Crippen molar-refractivity contribution in [1.29, 1.82) is 0 Å². The van der Waals surface area contributed by atoms with Gasteiger partial charge in [0, 0.05) is 57.7 Å². The van der Waals surface area contributed by atoms with Gasteiger partial charge in [-0.1, -0.05) is 0 Å². The zero-order valence-corrected chi connectivity index (χ0v) is 14.7. The monoisotopic (exact) mass is 334 g/mol. The van der Waals surface area contributed by atoms with Gasteiger partial charge in [-0.15, -0.1) is 0 Å². The normalized spacial score (nSPS) is 21.6. The van der Waals surface area contributed by atoms with Crippen LogP contribution in [0.2, 0.25) is 0 Å². The molecule has 6 nitrogen and oxygen atoms in total. The van der Waals surface area contributed by atoms with Crippen LogP contribution >= 0.6 is 0 Å². The van der Waals surface area contributed by atoms with Gasteiger partial charge in [-0.3, -0.25) is 4.90 Å². The Morgan fingerprint density at radius 1 is 1.17 bits per heavy atom. The molecule has 1 atom stereocenters. The molecule has 3 heterocycles. The van der Waals surface area contributed by atoms with Crippen LogP contribution < -0.4 is 5.32 Å². The lowest BCUT2D eigenvalue weighted by atomic mass is 9.89. The molecular weight excluding hydrogens is 304 g/mol. The highest BCUT2D eigenvalue weighted by atomic mass is 16.5. The summed E-state index contributed by atoms with van der Waals surface area (Å²) in [6, 6.07) is 4.68. The summed E-state index contributed by atoms with van der Waals surface area (Å²) < 4.78 is 7.53. The Labute approximate surface area is 144 Å². The highest BCUT2D eigenvalue weighted by molar-refractivity contribution is 5.74. The van der Waals surface area contributed by atoms with Crippen LogP contribution in [-0.4, -0.2) is 72.4 Å². The van der Waals surface area contributed by atoms with Gasteiger partial charge in [0.1, 0.15) is 0 Å². The van der Waals surface area contributed by atoms with E-state index in [-0.39, 0.29) is 6.03 Å². The van der Waals surface area contributed by atoms with E-state index < -0.39 is 0 Å². The van der Waals surface area contributed by atoms with Crippen molar-refractivity contribution in [3.63, 3.8) is 0 Å². The van der Waals surface area contributed by atoms with Crippen molar-refractivity contribution in [2.24, 2.45) is 5.92 Å². The third-order valence-corrected chi connectivity index (χ3v) is 5.44. The smallest absolute Gasteiger partial charge is 0.317 e. The third kappa shape index (κ3) is 4.51. The molecule has 1 aromatic rings. The van der Waals surface area contributed by atoms with Crippen LogP contribution in [-0.2, 0) is 11.3 Å². The summed E-state index contributed by atoms with van der Waals surface area (Å²) in [6.07, 6.45) is 6.24. The fourth-order valence-electron chi connectivity index (χ4n) is 3.79. The Hall–Kier alpha value is -1.53. The first-order valence-corrected chi connectivity index (χ1v) is 9.19. The fraction of sp³-hybridized carbons (Fsp3) is 0.722. The number of nitrogens with one attached hydrogen (secondary N) is 1. The van der Waals surface area contributed by atoms with Crippen molar-refractivity contribution in [3.05, 3.63) is 24.5 Å². The van der Waals surface area contributed by atoms with E-state index in [2.05, 4.69) is 21.7 Å². The van der Waals surface area contributed by atoms with Crippen molar-refractivity contribution in [1.82, 2.24) is 19.7 Å². The number of hydrogen-bond donors (Lipinski definition) is 1. The summed E-state index contributed by atoms with van der Waals surface area (Å²) in [5, 5.41) is 3.04. The molecule has 134 valence electrons. The van der Waals surface area contributed by atoms with E-state index in [0.29, 0.717) is 18.5 Å². The van der Waals surface area contributed by atoms with E-state index in [0.717, 1.165) is 58.8 Å². The van der Waals surface area contributed by atoms with Crippen molar-refractivity contribution < 1.29 is 9.53 Å². The Morgan fingerprint density at radius 2 is 1.83 bits per heavy atom. The quantitative estimate of drug-likeness (QED) is 0.890. The van der Waals surface area contributed by atoms with Crippen molar-refractivity contribution in [3.8, 4) is 0 Å². The van der Waals surface area contributed by atoms with Gasteiger partial charge in [0.25, 0.3) is 0 Å². The Kier molecular flexibility index (Phi) is 6.15. The number of piperidine rings is 1. The summed E-state index contributed by atoms with van der Waals surface area (Å²) in [5.74, 6) is 0.687. The molecule has 0 unspecified atom stereocenters. The van der Waals surface area contributed by atoms with E-state index >= 15 is 0 Å². The predicted molar refractivity (Wildman–Crippen MR) is 94.0 cm³/mol. The number of nitrogens with zero attached hydrogens (tertiary/aromatic N) is 3. The molecule has 0 spiro atoms. The molecule has 2 amide bonds. The first kappa shape index (κ1) is 17.3. The lowest BCUT2D eigenvalue weighted by Crippen LogP contribution is -2.50. The molecule has 3 rings (SSSR count). The number of hydrogen-bond acceptors (Lipinski definition) is 3. The summed E-state index contributed by atoms with van der Waals surface area (Å²) in [5.41, 5.74) is 0. The van der Waals surface area contributed by atoms with Crippen LogP contribution in [0.1, 0.15) is 19.8 Å². The molecule has 1 N–H and O–H groups in total. The van der Waals surface area contributed by atoms with E-state index in [1.165, 1.54) is 0 Å². The standard InChI is InChI=1S/C18H30N4O2/c1-16(21-12-14-24-15-13-21)17-4-9-22(10-5-17)18(23)19-6-11-20-7-2-3-8-20/h2-3,7-8,16-17H,4-6,9-15H2,1H3,(H,19,23)/t16-/m0/s1. The molecule has 2 saturated heterocycles. The number of rotatable bonds is 5. The molecule has 0 radical (unpaired) electrons. The SMILES string of the molecule is C[C@@H](C1CCN(C(=O)NCCn2cccc2)CC1)N1CCOCC1. The van der Waals surface area contributed by atoms with Crippen LogP contribution in [0.4, 0.5) is 4.79 Å². The Balaban J connectivity index is 1.37. The van der Waals surface area contributed by atoms with Gasteiger partial charge in [-0.05, 0) is 37.8 Å². The second-order valence-electron chi connectivity index (χ2n) is 6.87. The molecule has 0 saturated carbocycles. The number of amides is 2. The summed E-state index contributed by atoms with van der Waals surface area (Å²) in [6.45, 7) is 9.37. The second kappa shape index (κ2) is 8.53. The first-order chi connectivity index (χ1) is 11.7. The molecule has 0 aromatic carbocycles. The maximum Gasteiger partial charge on any atom is 0.317 e. The number of urea groups is 1. The van der Waals surface area contributed by atoms with Gasteiger partial charge < -0.3 is 19.5 Å². The highest BCUT2D eigenvalue weighted by Crippen LogP contribution is 2.24. The minimum Gasteiger partial charge on any atom is -0.379 e. The summed E-state index contributed by atoms with van der Waals surface area (Å²) in [4.78, 5) is 16.8. The van der Waals surface area contributed by atoms with E-state index in [1.807, 2.05) is 29.4 Å². The molecule has 1 aromatic heterocycles. The number of likely N-dealkylation sites (tertiary alicyclic amines) is 1. The molecule has 0 aliphatic carbocycles. The Morgan fingerprint density at radius 3 is 2.50 bits per heavy atom. The van der Waals surface area contributed by atoms with E-state index in [9.17, 15) is 4.79 Å². The van der Waals surface area contributed by atoms with Crippen LogP contribution in [0.3, 0.4) is 0 Å². The fourth-order valence-corrected chi connectivity index (χ4v) is 3.79. The van der Waals surface area contributed by atoms with Crippen molar-refractivity contribution in [2.45, 2.75) is 32.4 Å². The number of aromatic nitrogens is 1. The summed E-state index contributed by atoms with van der Waals surface area (Å²) in [7, 11) is 0. The van der Waals surface area contributed by atoms with Crippen LogP contribution in [0, 0.1) is 5.92 Å². The first-order valence-electron chi connectivity index (χ1n) is 9.19. The minimum atomic E-state index is 0.0830. The highest BCUT2D eigenvalue weighted by Gasteiger charge is 2.29. The van der Waals surface area contributed by atoms with Gasteiger partial charge in [0.05, 0.1) is 13.2 Å². The molecular formula is C18H30N4O2. The predicted octanol–water partition coefficient (Wildman–Crippen LogP) is 1.63. The topological polar surface area (TPSA) is 49.7 Å². The lowest BCUT2D eigenvalue weighted by molar-refractivity contribution is 0.000254. The number of morpholine rings is 1. The van der Waals surface area contributed by atoms with Gasteiger partial charge in [-0.2, -0.15) is 0 Å². The zero-order valence-electron chi connectivity index (χ0n) is 14.7. The molecule has 2 aliphatic heterocycles. The number of ether oxygens (including phenoxy) is 1. The van der Waals surface area contributed by atoms with Gasteiger partial charge in [0.2, 0.25) is 0 Å². The third-order valence-electron chi connectivity index (χ3n) is 5.44. The molecule has 0 bridgehead atoms. The van der Waals surface area contributed by atoms with Crippen LogP contribution in [0.15, 0.2) is 24.5 Å². The van der Waals surface area contributed by atoms with E-state index in [4.69, 9.17) is 4.74 Å². The van der Waals surface area contributed by atoms with Gasteiger partial charge in [0.15, 0.2) is 0 Å². The lowest BCUT2D eigenvalue weighted by Gasteiger charge is -2.41. The number of carbonyl (C=O) groups is 1. The molecule has 6 heteroatoms. The minimum absolute atomic E-state index is 0.0830. The maximum absolute atomic E-state index is 12.3. The zero-order chi connectivity index (χ0) is 16.8. The largest absolute Gasteiger partial charge is 0.379 e. The van der Waals surface area contributed by atoms with Crippen molar-refractivity contribution >= 4 is 6.03 Å². The maximum atomic E-state index is 12.3. The van der Waals surface area contributed by atoms with Gasteiger partial charge in [-0.25, -0.2) is 4.79 Å². The van der Waals surface area contributed by atoms with Crippen LogP contribution in [0.25, 0.3) is 0 Å². The molecule has 24 heavy (non-hydrogen) atoms. The van der Waals surface area contributed by atoms with Crippen molar-refractivity contribution in [2.75, 3.05) is 45.9 Å². The second-order valence-corrected chi connectivity index (χ2v) is 6.87. The summed E-state index contributed by atoms with van der Waals surface area (Å²) >= 11 is 0. The van der Waals surface area contributed by atoms with Crippen LogP contribution in [0.5, 0.6) is 0 Å². The van der Waals surface area contributed by atoms with E-state index in [1.54, 1.807) is 0 Å². The number of carbonyl (C=O) groups excluding carboxylic acids is 1. The molecule has 2 aliphatic rings. The Bertz CT molecular complexity index is 491. The average Bonchev–Trinajstić information content (AvgIpc) is 3.15.